The van der Waals surface area contributed by atoms with E-state index < -0.39 is 0 Å². The van der Waals surface area contributed by atoms with Crippen LogP contribution in [0.4, 0.5) is 17.6 Å². The third-order valence-electron chi connectivity index (χ3n) is 3.31. The summed E-state index contributed by atoms with van der Waals surface area (Å²) >= 11 is 0. The molecule has 1 aliphatic heterocycles. The van der Waals surface area contributed by atoms with Crippen LogP contribution in [-0.4, -0.2) is 27.6 Å². The molecular formula is C15H19N5O. The summed E-state index contributed by atoms with van der Waals surface area (Å²) in [6.45, 7) is 4.72. The standard InChI is InChI=1S/C15H19N5O/c1-10(2)21-15-18-13(16)17-14(19-15)20-9-5-7-11-6-3-4-8-12(11)20/h3-4,6,8,10H,5,7,9H2,1-2H3,(H2,16,17,18,19). The minimum atomic E-state index is -0.00621. The number of ether oxygens (including phenoxy) is 1. The molecule has 1 aromatic carbocycles. The number of para-hydroxylation sites is 1. The molecule has 2 N–H and O–H groups in total. The molecule has 0 unspecified atom stereocenters. The van der Waals surface area contributed by atoms with Gasteiger partial charge in [0.2, 0.25) is 11.9 Å². The number of nitrogens with zero attached hydrogens (tertiary/aromatic N) is 4. The van der Waals surface area contributed by atoms with Crippen molar-refractivity contribution >= 4 is 17.6 Å². The summed E-state index contributed by atoms with van der Waals surface area (Å²) in [5.41, 5.74) is 8.22. The molecule has 0 atom stereocenters. The number of anilines is 3. The van der Waals surface area contributed by atoms with E-state index in [1.54, 1.807) is 0 Å². The number of rotatable bonds is 3. The van der Waals surface area contributed by atoms with Crippen molar-refractivity contribution in [1.29, 1.82) is 0 Å². The van der Waals surface area contributed by atoms with Gasteiger partial charge in [-0.1, -0.05) is 18.2 Å². The largest absolute Gasteiger partial charge is 0.461 e. The minimum Gasteiger partial charge on any atom is -0.461 e. The Morgan fingerprint density at radius 3 is 2.81 bits per heavy atom. The molecule has 0 saturated carbocycles. The second-order valence-corrected chi connectivity index (χ2v) is 5.33. The Balaban J connectivity index is 1.99. The first kappa shape index (κ1) is 13.6. The van der Waals surface area contributed by atoms with Gasteiger partial charge in [-0.2, -0.15) is 15.0 Å². The van der Waals surface area contributed by atoms with Gasteiger partial charge in [0.15, 0.2) is 0 Å². The third kappa shape index (κ3) is 2.89. The van der Waals surface area contributed by atoms with Gasteiger partial charge in [-0.3, -0.25) is 0 Å². The second-order valence-electron chi connectivity index (χ2n) is 5.33. The monoisotopic (exact) mass is 285 g/mol. The van der Waals surface area contributed by atoms with Gasteiger partial charge in [0.05, 0.1) is 6.10 Å². The van der Waals surface area contributed by atoms with Gasteiger partial charge in [0.1, 0.15) is 0 Å². The molecule has 0 aliphatic carbocycles. The topological polar surface area (TPSA) is 77.2 Å². The van der Waals surface area contributed by atoms with E-state index in [0.29, 0.717) is 5.95 Å². The Kier molecular flexibility index (Phi) is 3.60. The summed E-state index contributed by atoms with van der Waals surface area (Å²) in [7, 11) is 0. The number of fused-ring (bicyclic) bond motifs is 1. The summed E-state index contributed by atoms with van der Waals surface area (Å²) in [5.74, 6) is 0.726. The molecule has 0 spiro atoms. The Labute approximate surface area is 124 Å². The van der Waals surface area contributed by atoms with Crippen LogP contribution >= 0.6 is 0 Å². The second kappa shape index (κ2) is 5.55. The van der Waals surface area contributed by atoms with Crippen molar-refractivity contribution in [1.82, 2.24) is 15.0 Å². The molecule has 3 rings (SSSR count). The highest BCUT2D eigenvalue weighted by molar-refractivity contribution is 5.63. The van der Waals surface area contributed by atoms with Crippen LogP contribution in [0.25, 0.3) is 0 Å². The van der Waals surface area contributed by atoms with Crippen molar-refractivity contribution in [3.8, 4) is 6.01 Å². The number of aryl methyl sites for hydroxylation is 1. The molecule has 0 radical (unpaired) electrons. The first-order valence-corrected chi connectivity index (χ1v) is 7.17. The Hall–Kier alpha value is -2.37. The maximum atomic E-state index is 5.79. The molecule has 2 heterocycles. The lowest BCUT2D eigenvalue weighted by molar-refractivity contribution is 0.222. The zero-order valence-corrected chi connectivity index (χ0v) is 12.3. The van der Waals surface area contributed by atoms with E-state index in [-0.39, 0.29) is 18.1 Å². The molecule has 1 aromatic heterocycles. The van der Waals surface area contributed by atoms with Crippen LogP contribution in [0.15, 0.2) is 24.3 Å². The predicted molar refractivity (Wildman–Crippen MR) is 81.8 cm³/mol. The predicted octanol–water partition coefficient (Wildman–Crippen LogP) is 2.33. The van der Waals surface area contributed by atoms with E-state index >= 15 is 0 Å². The van der Waals surface area contributed by atoms with Crippen molar-refractivity contribution in [2.75, 3.05) is 17.2 Å². The zero-order valence-electron chi connectivity index (χ0n) is 12.3. The summed E-state index contributed by atoms with van der Waals surface area (Å²) in [5, 5.41) is 0. The molecule has 0 fully saturated rings. The lowest BCUT2D eigenvalue weighted by Crippen LogP contribution is -2.27. The zero-order chi connectivity index (χ0) is 14.8. The molecule has 110 valence electrons. The summed E-state index contributed by atoms with van der Waals surface area (Å²) < 4.78 is 5.55. The van der Waals surface area contributed by atoms with Crippen molar-refractivity contribution < 1.29 is 4.74 Å². The van der Waals surface area contributed by atoms with Gasteiger partial charge < -0.3 is 15.4 Å². The van der Waals surface area contributed by atoms with Gasteiger partial charge in [-0.05, 0) is 38.3 Å². The molecule has 21 heavy (non-hydrogen) atoms. The van der Waals surface area contributed by atoms with Crippen LogP contribution in [0.1, 0.15) is 25.8 Å². The van der Waals surface area contributed by atoms with Crippen LogP contribution in [0.3, 0.4) is 0 Å². The molecule has 0 saturated heterocycles. The molecule has 6 heteroatoms. The van der Waals surface area contributed by atoms with Crippen molar-refractivity contribution in [3.63, 3.8) is 0 Å². The molecule has 2 aromatic rings. The Morgan fingerprint density at radius 2 is 2.00 bits per heavy atom. The Bertz CT molecular complexity index is 644. The SMILES string of the molecule is CC(C)Oc1nc(N)nc(N2CCCc3ccccc32)n1. The normalized spacial score (nSPS) is 14.1. The average Bonchev–Trinajstić information content (AvgIpc) is 2.45. The number of hydrogen-bond acceptors (Lipinski definition) is 6. The minimum absolute atomic E-state index is 0.00621. The van der Waals surface area contributed by atoms with E-state index in [4.69, 9.17) is 10.5 Å². The Morgan fingerprint density at radius 1 is 1.19 bits per heavy atom. The van der Waals surface area contributed by atoms with Crippen molar-refractivity contribution in [2.45, 2.75) is 32.8 Å². The van der Waals surface area contributed by atoms with E-state index in [1.165, 1.54) is 5.56 Å². The van der Waals surface area contributed by atoms with Gasteiger partial charge in [-0.15, -0.1) is 0 Å². The van der Waals surface area contributed by atoms with E-state index in [2.05, 4.69) is 38.1 Å². The van der Waals surface area contributed by atoms with Gasteiger partial charge in [0, 0.05) is 12.2 Å². The van der Waals surface area contributed by atoms with Gasteiger partial charge in [0.25, 0.3) is 0 Å². The fraction of sp³-hybridized carbons (Fsp3) is 0.400. The van der Waals surface area contributed by atoms with Gasteiger partial charge >= 0.3 is 6.01 Å². The lowest BCUT2D eigenvalue weighted by atomic mass is 10.0. The summed E-state index contributed by atoms with van der Waals surface area (Å²) in [6.07, 6.45) is 2.12. The molecular weight excluding hydrogens is 266 g/mol. The number of aromatic nitrogens is 3. The number of nitrogens with two attached hydrogens (primary N) is 1. The number of benzene rings is 1. The molecule has 6 nitrogen and oxygen atoms in total. The molecule has 0 amide bonds. The fourth-order valence-corrected chi connectivity index (χ4v) is 2.49. The summed E-state index contributed by atoms with van der Waals surface area (Å²) in [4.78, 5) is 14.8. The number of nitrogen functional groups attached to an aromatic ring is 1. The first-order valence-electron chi connectivity index (χ1n) is 7.17. The fourth-order valence-electron chi connectivity index (χ4n) is 2.49. The summed E-state index contributed by atoms with van der Waals surface area (Å²) in [6, 6.07) is 8.56. The molecule has 0 bridgehead atoms. The third-order valence-corrected chi connectivity index (χ3v) is 3.31. The highest BCUT2D eigenvalue weighted by Crippen LogP contribution is 2.31. The van der Waals surface area contributed by atoms with Crippen molar-refractivity contribution in [3.05, 3.63) is 29.8 Å². The van der Waals surface area contributed by atoms with Crippen LogP contribution in [0.5, 0.6) is 6.01 Å². The van der Waals surface area contributed by atoms with Crippen LogP contribution in [-0.2, 0) is 6.42 Å². The first-order chi connectivity index (χ1) is 10.1. The van der Waals surface area contributed by atoms with Crippen LogP contribution in [0.2, 0.25) is 0 Å². The smallest absolute Gasteiger partial charge is 0.323 e. The van der Waals surface area contributed by atoms with Crippen LogP contribution in [0, 0.1) is 0 Å². The highest BCUT2D eigenvalue weighted by atomic mass is 16.5. The average molecular weight is 285 g/mol. The lowest BCUT2D eigenvalue weighted by Gasteiger charge is -2.29. The van der Waals surface area contributed by atoms with Crippen LogP contribution < -0.4 is 15.4 Å². The van der Waals surface area contributed by atoms with E-state index in [1.807, 2.05) is 19.9 Å². The number of hydrogen-bond donors (Lipinski definition) is 1. The van der Waals surface area contributed by atoms with E-state index in [9.17, 15) is 0 Å². The van der Waals surface area contributed by atoms with E-state index in [0.717, 1.165) is 25.1 Å². The maximum Gasteiger partial charge on any atom is 0.323 e. The maximum absolute atomic E-state index is 5.79. The molecule has 1 aliphatic rings. The quantitative estimate of drug-likeness (QED) is 0.932. The highest BCUT2D eigenvalue weighted by Gasteiger charge is 2.21. The van der Waals surface area contributed by atoms with Gasteiger partial charge in [-0.25, -0.2) is 0 Å². The van der Waals surface area contributed by atoms with Crippen molar-refractivity contribution in [2.24, 2.45) is 0 Å².